The van der Waals surface area contributed by atoms with Crippen LogP contribution >= 0.6 is 0 Å². The van der Waals surface area contributed by atoms with Crippen LogP contribution in [0.1, 0.15) is 5.56 Å². The van der Waals surface area contributed by atoms with Crippen molar-refractivity contribution in [3.8, 4) is 5.69 Å². The fraction of sp³-hybridized carbons (Fsp3) is 0.0667. The van der Waals surface area contributed by atoms with Crippen molar-refractivity contribution in [2.75, 3.05) is 0 Å². The summed E-state index contributed by atoms with van der Waals surface area (Å²) in [5.41, 5.74) is -2.97. The van der Waals surface area contributed by atoms with Crippen molar-refractivity contribution < 1.29 is 13.2 Å². The van der Waals surface area contributed by atoms with Gasteiger partial charge in [0, 0.05) is 0 Å². The maximum absolute atomic E-state index is 13.0. The molecule has 1 N–H and O–H groups in total. The first kappa shape index (κ1) is 14.1. The van der Waals surface area contributed by atoms with Crippen molar-refractivity contribution in [1.82, 2.24) is 9.55 Å². The maximum Gasteiger partial charge on any atom is 0.418 e. The van der Waals surface area contributed by atoms with E-state index in [2.05, 4.69) is 4.98 Å². The molecule has 22 heavy (non-hydrogen) atoms. The largest absolute Gasteiger partial charge is 0.418 e. The van der Waals surface area contributed by atoms with E-state index >= 15 is 0 Å². The van der Waals surface area contributed by atoms with E-state index in [9.17, 15) is 22.8 Å². The Morgan fingerprint density at radius 2 is 1.59 bits per heavy atom. The summed E-state index contributed by atoms with van der Waals surface area (Å²) in [4.78, 5) is 26.6. The number of fused-ring (bicyclic) bond motifs is 1. The van der Waals surface area contributed by atoms with E-state index < -0.39 is 28.5 Å². The minimum atomic E-state index is -4.66. The predicted octanol–water partition coefficient (Wildman–Crippen LogP) is 2.70. The Bertz CT molecular complexity index is 956. The van der Waals surface area contributed by atoms with Gasteiger partial charge in [-0.05, 0) is 24.3 Å². The number of aromatic nitrogens is 2. The Labute approximate surface area is 121 Å². The molecule has 0 aliphatic heterocycles. The summed E-state index contributed by atoms with van der Waals surface area (Å²) in [7, 11) is 0. The van der Waals surface area contributed by atoms with Crippen molar-refractivity contribution in [3.63, 3.8) is 0 Å². The molecule has 0 aliphatic rings. The molecule has 0 amide bonds. The summed E-state index contributed by atoms with van der Waals surface area (Å²) in [6.07, 6.45) is -4.66. The van der Waals surface area contributed by atoms with Gasteiger partial charge in [-0.3, -0.25) is 4.79 Å². The number of alkyl halides is 3. The molecule has 112 valence electrons. The Hall–Kier alpha value is -2.83. The van der Waals surface area contributed by atoms with Crippen molar-refractivity contribution in [3.05, 3.63) is 74.9 Å². The number of benzene rings is 2. The SMILES string of the molecule is O=c1[nH]c2c(C(F)(F)F)cccc2c(=O)n1-c1ccccc1. The van der Waals surface area contributed by atoms with Crippen LogP contribution in [-0.2, 0) is 6.18 Å². The highest BCUT2D eigenvalue weighted by atomic mass is 19.4. The molecule has 0 saturated heterocycles. The zero-order chi connectivity index (χ0) is 15.9. The predicted molar refractivity (Wildman–Crippen MR) is 75.2 cm³/mol. The molecular formula is C15H9F3N2O2. The van der Waals surface area contributed by atoms with E-state index in [0.717, 1.165) is 16.7 Å². The second kappa shape index (κ2) is 4.87. The molecule has 4 nitrogen and oxygen atoms in total. The number of nitrogens with one attached hydrogen (secondary N) is 1. The Morgan fingerprint density at radius 1 is 0.909 bits per heavy atom. The summed E-state index contributed by atoms with van der Waals surface area (Å²) in [6.45, 7) is 0. The number of para-hydroxylation sites is 2. The van der Waals surface area contributed by atoms with Crippen molar-refractivity contribution in [2.45, 2.75) is 6.18 Å². The van der Waals surface area contributed by atoms with Gasteiger partial charge in [0.15, 0.2) is 0 Å². The molecule has 0 spiro atoms. The number of nitrogens with zero attached hydrogens (tertiary/aromatic N) is 1. The highest BCUT2D eigenvalue weighted by Gasteiger charge is 2.33. The molecule has 0 bridgehead atoms. The highest BCUT2D eigenvalue weighted by molar-refractivity contribution is 5.81. The third-order valence-corrected chi connectivity index (χ3v) is 3.25. The van der Waals surface area contributed by atoms with Crippen LogP contribution in [0.2, 0.25) is 0 Å². The van der Waals surface area contributed by atoms with Crippen LogP contribution in [0.3, 0.4) is 0 Å². The third-order valence-electron chi connectivity index (χ3n) is 3.25. The summed E-state index contributed by atoms with van der Waals surface area (Å²) in [5, 5.41) is -0.196. The highest BCUT2D eigenvalue weighted by Crippen LogP contribution is 2.32. The lowest BCUT2D eigenvalue weighted by Crippen LogP contribution is -2.34. The summed E-state index contributed by atoms with van der Waals surface area (Å²) in [5.74, 6) is 0. The van der Waals surface area contributed by atoms with Crippen LogP contribution in [-0.4, -0.2) is 9.55 Å². The van der Waals surface area contributed by atoms with Crippen molar-refractivity contribution in [1.29, 1.82) is 0 Å². The van der Waals surface area contributed by atoms with E-state index in [-0.39, 0.29) is 11.1 Å². The molecule has 7 heteroatoms. The van der Waals surface area contributed by atoms with Gasteiger partial charge in [-0.25, -0.2) is 9.36 Å². The van der Waals surface area contributed by atoms with E-state index in [4.69, 9.17) is 0 Å². The van der Waals surface area contributed by atoms with Gasteiger partial charge >= 0.3 is 11.9 Å². The lowest BCUT2D eigenvalue weighted by molar-refractivity contribution is -0.136. The molecule has 0 radical (unpaired) electrons. The van der Waals surface area contributed by atoms with E-state index in [1.807, 2.05) is 0 Å². The summed E-state index contributed by atoms with van der Waals surface area (Å²) >= 11 is 0. The van der Waals surface area contributed by atoms with Crippen LogP contribution in [0, 0.1) is 0 Å². The van der Waals surface area contributed by atoms with Crippen molar-refractivity contribution in [2.24, 2.45) is 0 Å². The first-order valence-corrected chi connectivity index (χ1v) is 6.30. The van der Waals surface area contributed by atoms with Gasteiger partial charge < -0.3 is 4.98 Å². The van der Waals surface area contributed by atoms with Crippen molar-refractivity contribution >= 4 is 10.9 Å². The smallest absolute Gasteiger partial charge is 0.306 e. The van der Waals surface area contributed by atoms with Gasteiger partial charge in [0.2, 0.25) is 0 Å². The van der Waals surface area contributed by atoms with Crippen LogP contribution in [0.25, 0.3) is 16.6 Å². The normalized spacial score (nSPS) is 11.8. The second-order valence-electron chi connectivity index (χ2n) is 4.63. The minimum absolute atomic E-state index is 0.196. The van der Waals surface area contributed by atoms with Gasteiger partial charge in [0.25, 0.3) is 5.56 Å². The quantitative estimate of drug-likeness (QED) is 0.751. The number of aromatic amines is 1. The van der Waals surface area contributed by atoms with E-state index in [1.54, 1.807) is 18.2 Å². The van der Waals surface area contributed by atoms with Gasteiger partial charge in [-0.1, -0.05) is 24.3 Å². The van der Waals surface area contributed by atoms with Gasteiger partial charge in [0.1, 0.15) is 0 Å². The molecule has 1 aromatic heterocycles. The molecule has 0 aliphatic carbocycles. The standard InChI is InChI=1S/C15H9F3N2O2/c16-15(17,18)11-8-4-7-10-12(11)19-14(22)20(13(10)21)9-5-2-1-3-6-9/h1-8H,(H,19,22). The summed E-state index contributed by atoms with van der Waals surface area (Å²) in [6, 6.07) is 11.2. The third kappa shape index (κ3) is 2.20. The molecule has 1 heterocycles. The second-order valence-corrected chi connectivity index (χ2v) is 4.63. The average Bonchev–Trinajstić information content (AvgIpc) is 2.47. The number of rotatable bonds is 1. The molecule has 3 aromatic rings. The number of hydrogen-bond donors (Lipinski definition) is 1. The van der Waals surface area contributed by atoms with Crippen LogP contribution in [0.5, 0.6) is 0 Å². The first-order valence-electron chi connectivity index (χ1n) is 6.30. The molecule has 0 atom stereocenters. The topological polar surface area (TPSA) is 54.9 Å². The number of halogens is 3. The zero-order valence-corrected chi connectivity index (χ0v) is 11.0. The van der Waals surface area contributed by atoms with E-state index in [0.29, 0.717) is 0 Å². The van der Waals surface area contributed by atoms with Gasteiger partial charge in [-0.2, -0.15) is 13.2 Å². The zero-order valence-electron chi connectivity index (χ0n) is 11.0. The monoisotopic (exact) mass is 306 g/mol. The van der Waals surface area contributed by atoms with Gasteiger partial charge in [-0.15, -0.1) is 0 Å². The Kier molecular flexibility index (Phi) is 3.13. The number of H-pyrrole nitrogens is 1. The fourth-order valence-electron chi connectivity index (χ4n) is 2.29. The Morgan fingerprint density at radius 3 is 2.23 bits per heavy atom. The molecule has 2 aromatic carbocycles. The average molecular weight is 306 g/mol. The molecule has 0 unspecified atom stereocenters. The molecule has 0 saturated carbocycles. The lowest BCUT2D eigenvalue weighted by Gasteiger charge is -2.11. The minimum Gasteiger partial charge on any atom is -0.306 e. The van der Waals surface area contributed by atoms with Crippen LogP contribution < -0.4 is 11.2 Å². The number of hydrogen-bond acceptors (Lipinski definition) is 2. The lowest BCUT2D eigenvalue weighted by atomic mass is 10.1. The van der Waals surface area contributed by atoms with Crippen LogP contribution in [0.15, 0.2) is 58.1 Å². The summed E-state index contributed by atoms with van der Waals surface area (Å²) < 4.78 is 39.7. The Balaban J connectivity index is 2.42. The molecule has 3 rings (SSSR count). The molecule has 0 fully saturated rings. The van der Waals surface area contributed by atoms with Gasteiger partial charge in [0.05, 0.1) is 22.2 Å². The van der Waals surface area contributed by atoms with Crippen LogP contribution in [0.4, 0.5) is 13.2 Å². The molecular weight excluding hydrogens is 297 g/mol. The maximum atomic E-state index is 13.0. The first-order chi connectivity index (χ1) is 10.4. The fourth-order valence-corrected chi connectivity index (χ4v) is 2.29. The van der Waals surface area contributed by atoms with E-state index in [1.165, 1.54) is 18.2 Å².